The Morgan fingerprint density at radius 3 is 2.62 bits per heavy atom. The smallest absolute Gasteiger partial charge is 0.311 e. The molecular formula is C18H28N2O4. The summed E-state index contributed by atoms with van der Waals surface area (Å²) in [4.78, 5) is 38.6. The van der Waals surface area contributed by atoms with Crippen LogP contribution in [0.3, 0.4) is 0 Å². The maximum atomic E-state index is 12.7. The van der Waals surface area contributed by atoms with E-state index in [-0.39, 0.29) is 35.7 Å². The van der Waals surface area contributed by atoms with Crippen LogP contribution in [0.15, 0.2) is 0 Å². The Kier molecular flexibility index (Phi) is 5.11. The maximum absolute atomic E-state index is 12.7. The molecule has 3 aliphatic rings. The van der Waals surface area contributed by atoms with E-state index in [9.17, 15) is 14.4 Å². The van der Waals surface area contributed by atoms with Gasteiger partial charge in [0.15, 0.2) is 0 Å². The van der Waals surface area contributed by atoms with Gasteiger partial charge in [-0.1, -0.05) is 6.92 Å². The van der Waals surface area contributed by atoms with Gasteiger partial charge in [-0.15, -0.1) is 0 Å². The van der Waals surface area contributed by atoms with Gasteiger partial charge < -0.3 is 15.0 Å². The number of carbonyl (C=O) groups is 3. The summed E-state index contributed by atoms with van der Waals surface area (Å²) in [6.07, 6.45) is 5.29. The number of hydrogen-bond donors (Lipinski definition) is 1. The van der Waals surface area contributed by atoms with Crippen LogP contribution in [0.2, 0.25) is 0 Å². The molecule has 24 heavy (non-hydrogen) atoms. The van der Waals surface area contributed by atoms with Crippen molar-refractivity contribution in [2.24, 2.45) is 23.7 Å². The Morgan fingerprint density at radius 2 is 1.92 bits per heavy atom. The minimum atomic E-state index is -0.199. The van der Waals surface area contributed by atoms with E-state index in [1.165, 1.54) is 7.11 Å². The average Bonchev–Trinajstić information content (AvgIpc) is 3.22. The summed E-state index contributed by atoms with van der Waals surface area (Å²) in [5, 5.41) is 3.15. The number of carbonyl (C=O) groups excluding carboxylic acids is 3. The number of amides is 2. The van der Waals surface area contributed by atoms with E-state index in [1.54, 1.807) is 4.90 Å². The van der Waals surface area contributed by atoms with Crippen molar-refractivity contribution in [2.45, 2.75) is 51.5 Å². The molecule has 0 aromatic rings. The topological polar surface area (TPSA) is 75.7 Å². The second-order valence-electron chi connectivity index (χ2n) is 7.45. The van der Waals surface area contributed by atoms with Crippen LogP contribution in [0.25, 0.3) is 0 Å². The highest BCUT2D eigenvalue weighted by atomic mass is 16.5. The Balaban J connectivity index is 1.63. The van der Waals surface area contributed by atoms with E-state index in [4.69, 9.17) is 4.74 Å². The third-order valence-electron chi connectivity index (χ3n) is 6.15. The van der Waals surface area contributed by atoms with Crippen LogP contribution < -0.4 is 5.32 Å². The Labute approximate surface area is 143 Å². The third-order valence-corrected chi connectivity index (χ3v) is 6.15. The van der Waals surface area contributed by atoms with E-state index in [2.05, 4.69) is 5.32 Å². The minimum absolute atomic E-state index is 0.00458. The van der Waals surface area contributed by atoms with Crippen LogP contribution in [0, 0.1) is 23.7 Å². The van der Waals surface area contributed by atoms with Gasteiger partial charge >= 0.3 is 5.97 Å². The fourth-order valence-electron chi connectivity index (χ4n) is 4.90. The molecule has 0 unspecified atom stereocenters. The molecule has 6 nitrogen and oxygen atoms in total. The zero-order valence-corrected chi connectivity index (χ0v) is 14.6. The molecule has 0 aromatic carbocycles. The van der Waals surface area contributed by atoms with Crippen LogP contribution in [0.4, 0.5) is 0 Å². The van der Waals surface area contributed by atoms with Gasteiger partial charge in [-0.25, -0.2) is 0 Å². The number of fused-ring (bicyclic) bond motifs is 2. The summed E-state index contributed by atoms with van der Waals surface area (Å²) >= 11 is 0. The van der Waals surface area contributed by atoms with Crippen molar-refractivity contribution in [3.63, 3.8) is 0 Å². The van der Waals surface area contributed by atoms with Gasteiger partial charge in [0.25, 0.3) is 0 Å². The molecule has 1 N–H and O–H groups in total. The Hall–Kier alpha value is -1.59. The number of likely N-dealkylation sites (tertiary alicyclic amines) is 1. The number of nitrogens with zero attached hydrogens (tertiary/aromatic N) is 1. The van der Waals surface area contributed by atoms with Gasteiger partial charge in [-0.3, -0.25) is 14.4 Å². The van der Waals surface area contributed by atoms with Gasteiger partial charge in [-0.2, -0.15) is 0 Å². The SMILES string of the molecule is CCC(=O)N1CCC[C@H](C(=O)N[C@@H]2[C@H]3CC[C@@H](C3)[C@H]2C(=O)OC)C1. The predicted octanol–water partition coefficient (Wildman–Crippen LogP) is 1.34. The molecule has 1 heterocycles. The Bertz CT molecular complexity index is 521. The number of esters is 1. The monoisotopic (exact) mass is 336 g/mol. The highest BCUT2D eigenvalue weighted by molar-refractivity contribution is 5.83. The normalized spacial score (nSPS) is 34.9. The number of hydrogen-bond acceptors (Lipinski definition) is 4. The largest absolute Gasteiger partial charge is 0.469 e. The van der Waals surface area contributed by atoms with Crippen molar-refractivity contribution in [2.75, 3.05) is 20.2 Å². The van der Waals surface area contributed by atoms with Crippen LogP contribution in [0.1, 0.15) is 45.4 Å². The highest BCUT2D eigenvalue weighted by Gasteiger charge is 2.52. The zero-order chi connectivity index (χ0) is 17.3. The first-order chi connectivity index (χ1) is 11.5. The number of ether oxygens (including phenoxy) is 1. The van der Waals surface area contributed by atoms with Crippen molar-refractivity contribution in [1.29, 1.82) is 0 Å². The molecule has 2 aliphatic carbocycles. The highest BCUT2D eigenvalue weighted by Crippen LogP contribution is 2.49. The molecule has 0 spiro atoms. The lowest BCUT2D eigenvalue weighted by atomic mass is 9.84. The predicted molar refractivity (Wildman–Crippen MR) is 87.9 cm³/mol. The number of methoxy groups -OCH3 is 1. The van der Waals surface area contributed by atoms with E-state index in [0.29, 0.717) is 24.8 Å². The van der Waals surface area contributed by atoms with Gasteiger partial charge in [-0.05, 0) is 43.9 Å². The first-order valence-electron chi connectivity index (χ1n) is 9.21. The summed E-state index contributed by atoms with van der Waals surface area (Å²) in [6.45, 7) is 3.10. The summed E-state index contributed by atoms with van der Waals surface area (Å²) in [5.41, 5.74) is 0. The van der Waals surface area contributed by atoms with Crippen molar-refractivity contribution in [3.05, 3.63) is 0 Å². The quantitative estimate of drug-likeness (QED) is 0.786. The standard InChI is InChI=1S/C18H28N2O4/c1-3-14(21)20-8-4-5-13(10-20)17(22)19-16-12-7-6-11(9-12)15(16)18(23)24-2/h11-13,15-16H,3-10H2,1-2H3,(H,19,22)/t11-,12-,13-,15+,16+/m0/s1. The molecule has 2 bridgehead atoms. The lowest BCUT2D eigenvalue weighted by Crippen LogP contribution is -2.52. The van der Waals surface area contributed by atoms with Crippen LogP contribution in [-0.2, 0) is 19.1 Å². The molecule has 2 saturated carbocycles. The summed E-state index contributed by atoms with van der Waals surface area (Å²) in [6, 6.07) is -0.0963. The van der Waals surface area contributed by atoms with Crippen LogP contribution in [-0.4, -0.2) is 48.9 Å². The van der Waals surface area contributed by atoms with E-state index in [0.717, 1.165) is 38.6 Å². The number of rotatable bonds is 4. The fourth-order valence-corrected chi connectivity index (χ4v) is 4.90. The molecule has 6 heteroatoms. The first kappa shape index (κ1) is 17.2. The summed E-state index contributed by atoms with van der Waals surface area (Å²) in [7, 11) is 1.42. The van der Waals surface area contributed by atoms with E-state index >= 15 is 0 Å². The third kappa shape index (κ3) is 3.15. The van der Waals surface area contributed by atoms with Crippen LogP contribution >= 0.6 is 0 Å². The summed E-state index contributed by atoms with van der Waals surface area (Å²) in [5.74, 6) is 0.285. The lowest BCUT2D eigenvalue weighted by molar-refractivity contribution is -0.148. The Morgan fingerprint density at radius 1 is 1.17 bits per heavy atom. The van der Waals surface area contributed by atoms with Crippen LogP contribution in [0.5, 0.6) is 0 Å². The number of nitrogens with one attached hydrogen (secondary N) is 1. The van der Waals surface area contributed by atoms with Crippen molar-refractivity contribution >= 4 is 17.8 Å². The number of piperidine rings is 1. The molecule has 1 aliphatic heterocycles. The molecular weight excluding hydrogens is 308 g/mol. The van der Waals surface area contributed by atoms with Gasteiger partial charge in [0, 0.05) is 25.6 Å². The molecule has 5 atom stereocenters. The first-order valence-corrected chi connectivity index (χ1v) is 9.21. The second kappa shape index (κ2) is 7.11. The molecule has 3 fully saturated rings. The lowest BCUT2D eigenvalue weighted by Gasteiger charge is -2.35. The molecule has 134 valence electrons. The van der Waals surface area contributed by atoms with Crippen molar-refractivity contribution in [1.82, 2.24) is 10.2 Å². The molecule has 0 aromatic heterocycles. The molecule has 1 saturated heterocycles. The zero-order valence-electron chi connectivity index (χ0n) is 14.6. The van der Waals surface area contributed by atoms with Gasteiger partial charge in [0.2, 0.25) is 11.8 Å². The van der Waals surface area contributed by atoms with Gasteiger partial charge in [0.05, 0.1) is 18.9 Å². The maximum Gasteiger partial charge on any atom is 0.311 e. The second-order valence-corrected chi connectivity index (χ2v) is 7.45. The van der Waals surface area contributed by atoms with Crippen molar-refractivity contribution < 1.29 is 19.1 Å². The van der Waals surface area contributed by atoms with E-state index < -0.39 is 0 Å². The average molecular weight is 336 g/mol. The van der Waals surface area contributed by atoms with Crippen molar-refractivity contribution in [3.8, 4) is 0 Å². The molecule has 2 amide bonds. The molecule has 0 radical (unpaired) electrons. The summed E-state index contributed by atoms with van der Waals surface area (Å²) < 4.78 is 4.96. The fraction of sp³-hybridized carbons (Fsp3) is 0.833. The molecule has 3 rings (SSSR count). The van der Waals surface area contributed by atoms with E-state index in [1.807, 2.05) is 6.92 Å². The minimum Gasteiger partial charge on any atom is -0.469 e. The van der Waals surface area contributed by atoms with Gasteiger partial charge in [0.1, 0.15) is 0 Å².